The molecule has 1 aromatic carbocycles. The van der Waals surface area contributed by atoms with Crippen LogP contribution in [0.1, 0.15) is 29.9 Å². The number of non-ortho nitro benzene ring substituents is 1. The number of thiazole rings is 1. The molecule has 0 N–H and O–H groups in total. The van der Waals surface area contributed by atoms with E-state index in [1.54, 1.807) is 24.7 Å². The van der Waals surface area contributed by atoms with Crippen LogP contribution in [-0.4, -0.2) is 39.3 Å². The van der Waals surface area contributed by atoms with Crippen LogP contribution in [0, 0.1) is 10.1 Å². The van der Waals surface area contributed by atoms with Crippen LogP contribution in [0.15, 0.2) is 35.2 Å². The number of rotatable bonds is 7. The second-order valence-corrected chi connectivity index (χ2v) is 6.20. The normalized spacial score (nSPS) is 10.5. The van der Waals surface area contributed by atoms with Gasteiger partial charge in [0.1, 0.15) is 18.8 Å². The lowest BCUT2D eigenvalue weighted by Gasteiger charge is -2.24. The summed E-state index contributed by atoms with van der Waals surface area (Å²) in [6.45, 7) is 3.39. The Labute approximate surface area is 148 Å². The number of aromatic nitrogens is 1. The molecule has 0 fully saturated rings. The molecule has 0 saturated carbocycles. The molecular weight excluding hydrogens is 346 g/mol. The van der Waals surface area contributed by atoms with Crippen molar-refractivity contribution in [2.24, 2.45) is 0 Å². The first-order chi connectivity index (χ1) is 11.9. The van der Waals surface area contributed by atoms with Gasteiger partial charge in [-0.25, -0.2) is 4.98 Å². The van der Waals surface area contributed by atoms with Crippen molar-refractivity contribution < 1.29 is 19.2 Å². The Morgan fingerprint density at radius 2 is 2.00 bits per heavy atom. The summed E-state index contributed by atoms with van der Waals surface area (Å²) in [5.41, 5.74) is 2.44. The van der Waals surface area contributed by atoms with Gasteiger partial charge < -0.3 is 9.64 Å². The average Bonchev–Trinajstić information content (AvgIpc) is 3.12. The average molecular weight is 363 g/mol. The predicted molar refractivity (Wildman–Crippen MR) is 91.2 cm³/mol. The number of nitrogens with zero attached hydrogens (tertiary/aromatic N) is 3. The fourth-order valence-electron chi connectivity index (χ4n) is 2.02. The molecule has 0 radical (unpaired) electrons. The number of carbonyl (C=O) groups excluding carboxylic acids is 2. The maximum absolute atomic E-state index is 12.4. The second-order valence-electron chi connectivity index (χ2n) is 5.48. The minimum absolute atomic E-state index is 0.0202. The first kappa shape index (κ1) is 18.5. The van der Waals surface area contributed by atoms with Gasteiger partial charge in [0.25, 0.3) is 11.6 Å². The summed E-state index contributed by atoms with van der Waals surface area (Å²) in [5, 5.41) is 12.2. The van der Waals surface area contributed by atoms with Gasteiger partial charge >= 0.3 is 5.97 Å². The molecule has 0 spiro atoms. The largest absolute Gasteiger partial charge is 0.459 e. The summed E-state index contributed by atoms with van der Waals surface area (Å²) >= 11 is 1.30. The molecule has 0 unspecified atom stereocenters. The van der Waals surface area contributed by atoms with Crippen LogP contribution < -0.4 is 0 Å². The molecule has 0 aliphatic rings. The Hall–Kier alpha value is -2.81. The third kappa shape index (κ3) is 5.08. The van der Waals surface area contributed by atoms with Crippen molar-refractivity contribution in [3.63, 3.8) is 0 Å². The van der Waals surface area contributed by atoms with E-state index < -0.39 is 10.9 Å². The molecule has 0 aliphatic carbocycles. The monoisotopic (exact) mass is 363 g/mol. The van der Waals surface area contributed by atoms with Crippen LogP contribution in [0.25, 0.3) is 0 Å². The summed E-state index contributed by atoms with van der Waals surface area (Å²) in [6.07, 6.45) is 0. The van der Waals surface area contributed by atoms with Gasteiger partial charge in [0.15, 0.2) is 0 Å². The van der Waals surface area contributed by atoms with E-state index in [-0.39, 0.29) is 30.8 Å². The molecular formula is C16H17N3O5S. The number of nitro benzene ring substituents is 1. The Kier molecular flexibility index (Phi) is 6.18. The Morgan fingerprint density at radius 1 is 1.32 bits per heavy atom. The third-order valence-electron chi connectivity index (χ3n) is 3.38. The van der Waals surface area contributed by atoms with Crippen LogP contribution in [0.2, 0.25) is 0 Å². The van der Waals surface area contributed by atoms with Gasteiger partial charge in [-0.15, -0.1) is 11.3 Å². The van der Waals surface area contributed by atoms with Crippen molar-refractivity contribution in [3.8, 4) is 0 Å². The first-order valence-electron chi connectivity index (χ1n) is 7.46. The van der Waals surface area contributed by atoms with Crippen LogP contribution in [-0.2, 0) is 16.1 Å². The van der Waals surface area contributed by atoms with E-state index in [0.717, 1.165) is 0 Å². The highest BCUT2D eigenvalue weighted by molar-refractivity contribution is 7.07. The quantitative estimate of drug-likeness (QED) is 0.426. The smallest absolute Gasteiger partial charge is 0.325 e. The van der Waals surface area contributed by atoms with Crippen LogP contribution in [0.3, 0.4) is 0 Å². The van der Waals surface area contributed by atoms with Gasteiger partial charge in [0.2, 0.25) is 0 Å². The zero-order chi connectivity index (χ0) is 18.4. The number of esters is 1. The lowest BCUT2D eigenvalue weighted by Crippen LogP contribution is -2.41. The van der Waals surface area contributed by atoms with Crippen LogP contribution in [0.5, 0.6) is 0 Å². The van der Waals surface area contributed by atoms with Crippen molar-refractivity contribution in [3.05, 3.63) is 56.5 Å². The molecule has 25 heavy (non-hydrogen) atoms. The molecule has 1 aromatic heterocycles. The minimum atomic E-state index is -0.560. The molecule has 9 heteroatoms. The number of amides is 1. The highest BCUT2D eigenvalue weighted by Gasteiger charge is 2.23. The second kappa shape index (κ2) is 8.34. The first-order valence-corrected chi connectivity index (χ1v) is 8.41. The van der Waals surface area contributed by atoms with Crippen molar-refractivity contribution >= 4 is 28.9 Å². The lowest BCUT2D eigenvalue weighted by atomic mass is 10.2. The van der Waals surface area contributed by atoms with E-state index in [1.165, 1.54) is 40.5 Å². The summed E-state index contributed by atoms with van der Waals surface area (Å²) in [7, 11) is 0. The van der Waals surface area contributed by atoms with Crippen molar-refractivity contribution in [1.82, 2.24) is 9.88 Å². The molecule has 2 aromatic rings. The number of benzene rings is 1. The zero-order valence-electron chi connectivity index (χ0n) is 13.7. The summed E-state index contributed by atoms with van der Waals surface area (Å²) < 4.78 is 5.16. The predicted octanol–water partition coefficient (Wildman–Crippen LogP) is 2.65. The maximum atomic E-state index is 12.4. The van der Waals surface area contributed by atoms with Crippen LogP contribution >= 0.6 is 11.3 Å². The molecule has 0 bridgehead atoms. The van der Waals surface area contributed by atoms with Gasteiger partial charge in [0.05, 0.1) is 10.4 Å². The topological polar surface area (TPSA) is 103 Å². The third-order valence-corrected chi connectivity index (χ3v) is 3.97. The number of hydrogen-bond acceptors (Lipinski definition) is 7. The van der Waals surface area contributed by atoms with Gasteiger partial charge in [-0.1, -0.05) is 0 Å². The van der Waals surface area contributed by atoms with E-state index in [9.17, 15) is 19.7 Å². The standard InChI is InChI=1S/C16H17N3O5S/c1-11(2)18(16(21)14-9-25-10-17-14)7-15(20)24-8-12-3-5-13(6-4-12)19(22)23/h3-6,9-11H,7-8H2,1-2H3. The van der Waals surface area contributed by atoms with Gasteiger partial charge in [-0.05, 0) is 31.5 Å². The maximum Gasteiger partial charge on any atom is 0.325 e. The van der Waals surface area contributed by atoms with Gasteiger partial charge in [-0.3, -0.25) is 19.7 Å². The number of hydrogen-bond donors (Lipinski definition) is 0. The van der Waals surface area contributed by atoms with Crippen molar-refractivity contribution in [2.45, 2.75) is 26.5 Å². The molecule has 0 aliphatic heterocycles. The molecule has 2 rings (SSSR count). The summed E-state index contributed by atoms with van der Waals surface area (Å²) in [6, 6.07) is 5.53. The van der Waals surface area contributed by atoms with Gasteiger partial charge in [0, 0.05) is 23.6 Å². The van der Waals surface area contributed by atoms with Crippen LogP contribution in [0.4, 0.5) is 5.69 Å². The molecule has 132 valence electrons. The molecule has 0 saturated heterocycles. The Bertz CT molecular complexity index is 744. The SMILES string of the molecule is CC(C)N(CC(=O)OCc1ccc([N+](=O)[O-])cc1)C(=O)c1cscn1. The molecule has 8 nitrogen and oxygen atoms in total. The Morgan fingerprint density at radius 3 is 2.52 bits per heavy atom. The van der Waals surface area contributed by atoms with E-state index in [1.807, 2.05) is 0 Å². The number of carbonyl (C=O) groups is 2. The fourth-order valence-corrected chi connectivity index (χ4v) is 2.54. The summed E-state index contributed by atoms with van der Waals surface area (Å²) in [4.78, 5) is 39.8. The minimum Gasteiger partial charge on any atom is -0.459 e. The molecule has 1 heterocycles. The zero-order valence-corrected chi connectivity index (χ0v) is 14.6. The molecule has 0 atom stereocenters. The van der Waals surface area contributed by atoms with Crippen molar-refractivity contribution in [2.75, 3.05) is 6.54 Å². The molecule has 1 amide bonds. The van der Waals surface area contributed by atoms with E-state index in [4.69, 9.17) is 4.74 Å². The number of nitro groups is 1. The summed E-state index contributed by atoms with van der Waals surface area (Å²) in [5.74, 6) is -0.890. The fraction of sp³-hybridized carbons (Fsp3) is 0.312. The number of ether oxygens (including phenoxy) is 1. The van der Waals surface area contributed by atoms with E-state index in [0.29, 0.717) is 11.3 Å². The van der Waals surface area contributed by atoms with E-state index in [2.05, 4.69) is 4.98 Å². The Balaban J connectivity index is 1.93. The van der Waals surface area contributed by atoms with Crippen molar-refractivity contribution in [1.29, 1.82) is 0 Å². The highest BCUT2D eigenvalue weighted by Crippen LogP contribution is 2.13. The highest BCUT2D eigenvalue weighted by atomic mass is 32.1. The van der Waals surface area contributed by atoms with E-state index >= 15 is 0 Å². The lowest BCUT2D eigenvalue weighted by molar-refractivity contribution is -0.384. The van der Waals surface area contributed by atoms with Gasteiger partial charge in [-0.2, -0.15) is 0 Å².